The van der Waals surface area contributed by atoms with Crippen LogP contribution in [0.15, 0.2) is 58.4 Å². The first-order valence-corrected chi connectivity index (χ1v) is 10.2. The number of nitrogens with one attached hydrogen (secondary N) is 2. The number of carbonyl (C=O) groups excluding carboxylic acids is 1. The number of hydrogen-bond donors (Lipinski definition) is 2. The number of benzene rings is 2. The number of halogens is 1. The Balaban J connectivity index is 2.09. The normalized spacial score (nSPS) is 13.0. The number of H-pyrrole nitrogens is 1. The van der Waals surface area contributed by atoms with Gasteiger partial charge in [0.25, 0.3) is 5.56 Å². The van der Waals surface area contributed by atoms with Crippen molar-refractivity contribution < 1.29 is 13.7 Å². The fraction of sp³-hybridized carbons (Fsp3) is 0.105. The van der Waals surface area contributed by atoms with E-state index >= 15 is 0 Å². The van der Waals surface area contributed by atoms with Crippen molar-refractivity contribution >= 4 is 38.6 Å². The largest absolute Gasteiger partial charge is 0.495 e. The number of aromatic amines is 1. The van der Waals surface area contributed by atoms with Gasteiger partial charge in [0.05, 0.1) is 21.8 Å². The Hall–Kier alpha value is -2.97. The van der Waals surface area contributed by atoms with Crippen molar-refractivity contribution in [1.82, 2.24) is 9.78 Å². The van der Waals surface area contributed by atoms with E-state index in [0.717, 1.165) is 0 Å². The molecule has 28 heavy (non-hydrogen) atoms. The Morgan fingerprint density at radius 3 is 2.46 bits per heavy atom. The molecular weight excluding hydrogens is 402 g/mol. The first kappa shape index (κ1) is 19.8. The van der Waals surface area contributed by atoms with Crippen molar-refractivity contribution in [3.05, 3.63) is 75.2 Å². The number of anilines is 1. The van der Waals surface area contributed by atoms with Crippen LogP contribution in [0.5, 0.6) is 5.75 Å². The van der Waals surface area contributed by atoms with Crippen LogP contribution >= 0.6 is 11.6 Å². The van der Waals surface area contributed by atoms with E-state index in [4.69, 9.17) is 16.3 Å². The molecule has 146 valence electrons. The molecule has 3 aromatic rings. The summed E-state index contributed by atoms with van der Waals surface area (Å²) in [7, 11) is -0.0536. The summed E-state index contributed by atoms with van der Waals surface area (Å²) in [6.45, 7) is 0. The lowest BCUT2D eigenvalue weighted by Crippen LogP contribution is -2.20. The molecule has 2 aromatic carbocycles. The Kier molecular flexibility index (Phi) is 5.35. The summed E-state index contributed by atoms with van der Waals surface area (Å²) in [6.07, 6.45) is 1.31. The number of hydrogen-bond acceptors (Lipinski definition) is 4. The summed E-state index contributed by atoms with van der Waals surface area (Å²) in [5.74, 6) is 3.49. The predicted molar refractivity (Wildman–Crippen MR) is 111 cm³/mol. The molecule has 0 saturated heterocycles. The van der Waals surface area contributed by atoms with Gasteiger partial charge in [0.15, 0.2) is 0 Å². The maximum atomic E-state index is 13.1. The van der Waals surface area contributed by atoms with Crippen LogP contribution < -0.4 is 15.0 Å². The smallest absolute Gasteiger partial charge is 0.277 e. The number of ketones is 1. The maximum absolute atomic E-state index is 13.1. The van der Waals surface area contributed by atoms with Crippen LogP contribution in [-0.2, 0) is 16.8 Å². The molecule has 0 spiro atoms. The Bertz CT molecular complexity index is 1200. The molecule has 0 bridgehead atoms. The van der Waals surface area contributed by atoms with Gasteiger partial charge >= 0.3 is 0 Å². The third-order valence-corrected chi connectivity index (χ3v) is 6.10. The number of ether oxygens (including phenoxy) is 1. The molecule has 0 fully saturated rings. The van der Waals surface area contributed by atoms with Gasteiger partial charge < -0.3 is 14.6 Å². The summed E-state index contributed by atoms with van der Waals surface area (Å²) in [6, 6.07) is 11.6. The van der Waals surface area contributed by atoms with Gasteiger partial charge in [0, 0.05) is 23.7 Å². The number of carbonyl (C=O) groups is 1. The summed E-state index contributed by atoms with van der Waals surface area (Å²) in [5, 5.41) is 2.63. The van der Waals surface area contributed by atoms with E-state index in [9.17, 15) is 13.8 Å². The minimum atomic E-state index is -2.98. The first-order chi connectivity index (χ1) is 13.3. The van der Waals surface area contributed by atoms with Gasteiger partial charge in [0.1, 0.15) is 17.0 Å². The molecule has 3 rings (SSSR count). The summed E-state index contributed by atoms with van der Waals surface area (Å²) in [5.41, 5.74) is -0.299. The molecule has 0 saturated carbocycles. The van der Waals surface area contributed by atoms with Crippen molar-refractivity contribution in [1.29, 1.82) is 0 Å². The SMILES string of the molecule is C=S(=O)(Nc1c(OC)ccc(C(=O)c2c[nH]n(C)c2=O)c1Cl)c1ccccc1. The molecule has 2 N–H and O–H groups in total. The first-order valence-electron chi connectivity index (χ1n) is 8.12. The van der Waals surface area contributed by atoms with E-state index < -0.39 is 21.1 Å². The third kappa shape index (κ3) is 3.56. The second-order valence-corrected chi connectivity index (χ2v) is 8.38. The highest BCUT2D eigenvalue weighted by Crippen LogP contribution is 2.37. The van der Waals surface area contributed by atoms with Crippen LogP contribution in [0.1, 0.15) is 15.9 Å². The molecule has 9 heteroatoms. The second-order valence-electron chi connectivity index (χ2n) is 5.98. The van der Waals surface area contributed by atoms with Gasteiger partial charge in [-0.25, -0.2) is 4.21 Å². The number of methoxy groups -OCH3 is 1. The lowest BCUT2D eigenvalue weighted by Gasteiger charge is -2.18. The highest BCUT2D eigenvalue weighted by atomic mass is 35.5. The van der Waals surface area contributed by atoms with Gasteiger partial charge in [-0.2, -0.15) is 0 Å². The van der Waals surface area contributed by atoms with Gasteiger partial charge in [0.2, 0.25) is 5.78 Å². The van der Waals surface area contributed by atoms with Crippen LogP contribution in [0.4, 0.5) is 5.69 Å². The van der Waals surface area contributed by atoms with E-state index in [-0.39, 0.29) is 27.6 Å². The topological polar surface area (TPSA) is 93.2 Å². The fourth-order valence-electron chi connectivity index (χ4n) is 2.63. The molecule has 1 unspecified atom stereocenters. The Labute approximate surface area is 167 Å². The van der Waals surface area contributed by atoms with E-state index in [2.05, 4.69) is 15.7 Å². The number of aromatic nitrogens is 2. The Morgan fingerprint density at radius 1 is 1.21 bits per heavy atom. The van der Waals surface area contributed by atoms with E-state index in [1.165, 1.54) is 37.2 Å². The van der Waals surface area contributed by atoms with Crippen molar-refractivity contribution in [2.24, 2.45) is 7.05 Å². The number of nitrogens with zero attached hydrogens (tertiary/aromatic N) is 1. The maximum Gasteiger partial charge on any atom is 0.277 e. The van der Waals surface area contributed by atoms with Gasteiger partial charge in [-0.1, -0.05) is 29.8 Å². The van der Waals surface area contributed by atoms with Gasteiger partial charge in [-0.3, -0.25) is 14.3 Å². The van der Waals surface area contributed by atoms with Crippen molar-refractivity contribution in [2.75, 3.05) is 11.8 Å². The quantitative estimate of drug-likeness (QED) is 0.474. The lowest BCUT2D eigenvalue weighted by atomic mass is 10.1. The zero-order valence-corrected chi connectivity index (χ0v) is 16.8. The highest BCUT2D eigenvalue weighted by molar-refractivity contribution is 8.01. The molecule has 1 aromatic heterocycles. The monoisotopic (exact) mass is 419 g/mol. The molecule has 1 atom stereocenters. The van der Waals surface area contributed by atoms with Crippen LogP contribution in [0.25, 0.3) is 0 Å². The minimum absolute atomic E-state index is 0.0140. The third-order valence-electron chi connectivity index (χ3n) is 4.14. The fourth-order valence-corrected chi connectivity index (χ4v) is 4.23. The van der Waals surface area contributed by atoms with Crippen LogP contribution in [-0.4, -0.2) is 32.8 Å². The zero-order chi connectivity index (χ0) is 20.5. The second kappa shape index (κ2) is 7.57. The summed E-state index contributed by atoms with van der Waals surface area (Å²) in [4.78, 5) is 25.4. The van der Waals surface area contributed by atoms with Crippen LogP contribution in [0.3, 0.4) is 0 Å². The standard InChI is InChI=1S/C19H18ClN3O4S/c1-23-19(25)14(11-21-23)18(24)13-9-10-15(27-2)17(16(13)20)22-28(3,26)12-7-5-4-6-8-12/h4-11,21H,3H2,1-2H3,(H,22,26). The number of rotatable bonds is 6. The average molecular weight is 420 g/mol. The molecule has 0 radical (unpaired) electrons. The zero-order valence-electron chi connectivity index (χ0n) is 15.2. The highest BCUT2D eigenvalue weighted by Gasteiger charge is 2.23. The van der Waals surface area contributed by atoms with E-state index in [1.807, 2.05) is 0 Å². The van der Waals surface area contributed by atoms with E-state index in [1.54, 1.807) is 30.3 Å². The van der Waals surface area contributed by atoms with Crippen LogP contribution in [0, 0.1) is 0 Å². The van der Waals surface area contributed by atoms with Crippen molar-refractivity contribution in [3.63, 3.8) is 0 Å². The molecule has 1 heterocycles. The van der Waals surface area contributed by atoms with E-state index in [0.29, 0.717) is 4.90 Å². The lowest BCUT2D eigenvalue weighted by molar-refractivity contribution is 0.103. The minimum Gasteiger partial charge on any atom is -0.495 e. The summed E-state index contributed by atoms with van der Waals surface area (Å²) < 4.78 is 22.4. The van der Waals surface area contributed by atoms with Gasteiger partial charge in [-0.15, -0.1) is 0 Å². The van der Waals surface area contributed by atoms with Gasteiger partial charge in [-0.05, 0) is 30.1 Å². The predicted octanol–water partition coefficient (Wildman–Crippen LogP) is 2.71. The van der Waals surface area contributed by atoms with Crippen LogP contribution in [0.2, 0.25) is 5.02 Å². The molecule has 0 aliphatic carbocycles. The average Bonchev–Trinajstić information content (AvgIpc) is 3.02. The molecule has 7 nitrogen and oxygen atoms in total. The Morgan fingerprint density at radius 2 is 1.89 bits per heavy atom. The number of aryl methyl sites for hydroxylation is 1. The molecule has 0 aliphatic rings. The van der Waals surface area contributed by atoms with Crippen molar-refractivity contribution in [2.45, 2.75) is 4.90 Å². The molecule has 0 amide bonds. The van der Waals surface area contributed by atoms with Crippen molar-refractivity contribution in [3.8, 4) is 5.75 Å². The summed E-state index contributed by atoms with van der Waals surface area (Å²) >= 11 is 6.45. The molecular formula is C19H18ClN3O4S. The molecule has 0 aliphatic heterocycles.